The molecule has 9 aromatic rings. The van der Waals surface area contributed by atoms with E-state index in [1.54, 1.807) is 51.7 Å². The monoisotopic (exact) mass is 801 g/mol. The summed E-state index contributed by atoms with van der Waals surface area (Å²) < 4.78 is 81.2. The van der Waals surface area contributed by atoms with Crippen molar-refractivity contribution in [3.05, 3.63) is 186 Å². The van der Waals surface area contributed by atoms with Crippen molar-refractivity contribution in [3.8, 4) is 39.6 Å². The van der Waals surface area contributed by atoms with Gasteiger partial charge in [-0.15, -0.1) is 0 Å². The van der Waals surface area contributed by atoms with E-state index in [-0.39, 0.29) is 17.0 Å². The second-order valence-electron chi connectivity index (χ2n) is 16.6. The highest BCUT2D eigenvalue weighted by molar-refractivity contribution is 6.09. The molecule has 0 saturated carbocycles. The molecule has 1 aliphatic rings. The second-order valence-corrected chi connectivity index (χ2v) is 16.6. The van der Waals surface area contributed by atoms with Gasteiger partial charge in [0.1, 0.15) is 17.3 Å². The van der Waals surface area contributed by atoms with Gasteiger partial charge in [0.25, 0.3) is 11.4 Å². The largest absolute Gasteiger partial charge is 0.503 e. The third-order valence-electron chi connectivity index (χ3n) is 11.2. The molecule has 6 nitrogen and oxygen atoms in total. The van der Waals surface area contributed by atoms with Crippen molar-refractivity contribution in [1.29, 1.82) is 0 Å². The van der Waals surface area contributed by atoms with E-state index in [0.29, 0.717) is 39.8 Å². The van der Waals surface area contributed by atoms with Gasteiger partial charge in [0.15, 0.2) is 0 Å². The van der Waals surface area contributed by atoms with Crippen molar-refractivity contribution in [2.45, 2.75) is 53.8 Å². The third kappa shape index (κ3) is 6.81. The molecule has 296 valence electrons. The van der Waals surface area contributed by atoms with E-state index in [2.05, 4.69) is 81.4 Å². The Morgan fingerprint density at radius 2 is 1.43 bits per heavy atom. The molecule has 0 atom stereocenters. The Balaban J connectivity index is 1.18. The number of benzene rings is 6. The molecule has 0 aliphatic carbocycles. The molecular weight excluding hydrogens is 747 g/mol. The van der Waals surface area contributed by atoms with Crippen molar-refractivity contribution in [2.24, 2.45) is 0 Å². The van der Waals surface area contributed by atoms with Gasteiger partial charge < -0.3 is 4.74 Å². The number of aryl methyl sites for hydroxylation is 3. The van der Waals surface area contributed by atoms with Crippen LogP contribution in [0.15, 0.2) is 158 Å². The van der Waals surface area contributed by atoms with Crippen molar-refractivity contribution in [1.82, 2.24) is 23.7 Å². The molecule has 0 fully saturated rings. The van der Waals surface area contributed by atoms with Crippen LogP contribution in [-0.2, 0) is 5.41 Å². The molecule has 10 rings (SSSR count). The average molecular weight is 802 g/mol. The molecule has 0 radical (unpaired) electrons. The number of para-hydroxylation sites is 3. The third-order valence-corrected chi connectivity index (χ3v) is 11.2. The summed E-state index contributed by atoms with van der Waals surface area (Å²) in [7, 11) is 0. The first-order chi connectivity index (χ1) is 32.8. The zero-order valence-corrected chi connectivity index (χ0v) is 34.8. The predicted molar refractivity (Wildman–Crippen MR) is 252 cm³/mol. The van der Waals surface area contributed by atoms with Crippen LogP contribution in [0.5, 0.6) is 11.5 Å². The molecule has 3 aromatic heterocycles. The molecule has 0 spiro atoms. The minimum Gasteiger partial charge on any atom is -0.457 e. The number of pyridine rings is 2. The summed E-state index contributed by atoms with van der Waals surface area (Å²) in [5.74, 6) is 1.88. The lowest BCUT2D eigenvalue weighted by Gasteiger charge is -2.20. The molecule has 1 aliphatic heterocycles. The lowest BCUT2D eigenvalue weighted by Crippen LogP contribution is -2.12. The van der Waals surface area contributed by atoms with E-state index in [0.717, 1.165) is 61.0 Å². The van der Waals surface area contributed by atoms with Crippen LogP contribution in [0.1, 0.15) is 59.6 Å². The Kier molecular flexibility index (Phi) is 7.17. The van der Waals surface area contributed by atoms with Crippen LogP contribution in [0.25, 0.3) is 49.9 Å². The SMILES string of the molecule is [2H]c1cccc2c1[N+](c1cc(Oc3ccc4c5ccncc5n(-c5cc(C(C)(C)C)ccn5)c4c3)cc(-c3c(C)cc(C)cc3C)c1)=C=[N+]2c1ccccc1-c1c([2H])c([2H])c(C([2H])([2H])[2H])c([2H])c1[2H]. The molecule has 0 saturated heterocycles. The maximum absolute atomic E-state index is 9.30. The van der Waals surface area contributed by atoms with Gasteiger partial charge in [-0.25, -0.2) is 4.98 Å². The van der Waals surface area contributed by atoms with Crippen LogP contribution in [0.2, 0.25) is 0 Å². The summed E-state index contributed by atoms with van der Waals surface area (Å²) in [4.78, 5) is 9.34. The first-order valence-electron chi connectivity index (χ1n) is 24.2. The van der Waals surface area contributed by atoms with Gasteiger partial charge in [0.2, 0.25) is 11.4 Å². The predicted octanol–water partition coefficient (Wildman–Crippen LogP) is 14.1. The van der Waals surface area contributed by atoms with Gasteiger partial charge >= 0.3 is 6.01 Å². The van der Waals surface area contributed by atoms with Gasteiger partial charge in [0, 0.05) is 57.6 Å². The lowest BCUT2D eigenvalue weighted by molar-refractivity contribution is 0.483. The highest BCUT2D eigenvalue weighted by Crippen LogP contribution is 2.43. The molecule has 61 heavy (non-hydrogen) atoms. The Bertz CT molecular complexity index is 3660. The molecule has 0 unspecified atom stereocenters. The summed E-state index contributed by atoms with van der Waals surface area (Å²) in [5.41, 5.74) is 9.90. The number of aromatic nitrogens is 3. The summed E-state index contributed by atoms with van der Waals surface area (Å²) in [6, 6.07) is 36.3. The first-order valence-corrected chi connectivity index (χ1v) is 20.2. The van der Waals surface area contributed by atoms with E-state index in [9.17, 15) is 1.37 Å². The second kappa shape index (κ2) is 14.7. The number of hydrogen-bond acceptors (Lipinski definition) is 3. The standard InChI is InChI=1S/C55H47N5O/c1-35-16-18-39(19-17-35)45-12-8-9-13-48(45)59-34-58(49-14-10-11-15-50(49)59)42-28-40(54-37(3)26-36(2)27-38(54)4)29-44(31-42)61-43-20-21-46-47-23-24-56-33-52(47)60(51(46)32-43)53-30-41(22-25-57-53)55(5,6)7/h8-33H,1-7H3/q+2/i1D3,14D,16D,17D,18D,19D. The van der Waals surface area contributed by atoms with Crippen LogP contribution in [0, 0.1) is 27.6 Å². The zero-order valence-electron chi connectivity index (χ0n) is 42.8. The van der Waals surface area contributed by atoms with Crippen molar-refractivity contribution >= 4 is 50.6 Å². The summed E-state index contributed by atoms with van der Waals surface area (Å²) in [5, 5.41) is 2.05. The van der Waals surface area contributed by atoms with Crippen LogP contribution in [0.3, 0.4) is 0 Å². The molecular formula is C55H47N5O+2. The van der Waals surface area contributed by atoms with E-state index < -0.39 is 36.6 Å². The van der Waals surface area contributed by atoms with E-state index >= 15 is 0 Å². The molecule has 0 N–H and O–H groups in total. The fraction of sp³-hybridized carbons (Fsp3) is 0.145. The number of ether oxygens (including phenoxy) is 1. The highest BCUT2D eigenvalue weighted by atomic mass is 16.5. The summed E-state index contributed by atoms with van der Waals surface area (Å²) in [6.07, 6.45) is 5.50. The molecule has 0 amide bonds. The molecule has 6 aromatic carbocycles. The maximum atomic E-state index is 9.30. The van der Waals surface area contributed by atoms with Crippen LogP contribution >= 0.6 is 0 Å². The smallest absolute Gasteiger partial charge is 0.457 e. The Labute approximate surface area is 368 Å². The fourth-order valence-corrected chi connectivity index (χ4v) is 8.53. The minimum atomic E-state index is -2.86. The van der Waals surface area contributed by atoms with E-state index in [1.807, 2.05) is 60.9 Å². The Morgan fingerprint density at radius 1 is 0.656 bits per heavy atom. The van der Waals surface area contributed by atoms with Crippen LogP contribution in [0.4, 0.5) is 22.7 Å². The number of rotatable bonds is 7. The van der Waals surface area contributed by atoms with E-state index in [4.69, 9.17) is 19.3 Å². The Morgan fingerprint density at radius 3 is 2.23 bits per heavy atom. The van der Waals surface area contributed by atoms with Crippen LogP contribution in [-0.4, -0.2) is 20.5 Å². The minimum absolute atomic E-state index is 0.0506. The fourth-order valence-electron chi connectivity index (χ4n) is 8.53. The lowest BCUT2D eigenvalue weighted by atomic mass is 9.88. The van der Waals surface area contributed by atoms with Crippen molar-refractivity contribution in [3.63, 3.8) is 0 Å². The van der Waals surface area contributed by atoms with Crippen LogP contribution < -0.4 is 13.9 Å². The van der Waals surface area contributed by atoms with Gasteiger partial charge in [-0.05, 0) is 118 Å². The summed E-state index contributed by atoms with van der Waals surface area (Å²) in [6.45, 7) is 9.95. The molecule has 4 heterocycles. The normalized spacial score (nSPS) is 14.5. The maximum Gasteiger partial charge on any atom is 0.503 e. The Hall–Kier alpha value is -7.40. The van der Waals surface area contributed by atoms with Gasteiger partial charge in [-0.2, -0.15) is 0 Å². The quantitative estimate of drug-likeness (QED) is 0.151. The van der Waals surface area contributed by atoms with Gasteiger partial charge in [0.05, 0.1) is 35.7 Å². The van der Waals surface area contributed by atoms with E-state index in [1.165, 1.54) is 0 Å². The number of nitrogens with zero attached hydrogens (tertiary/aromatic N) is 5. The molecule has 0 bridgehead atoms. The summed E-state index contributed by atoms with van der Waals surface area (Å²) >= 11 is 0. The van der Waals surface area contributed by atoms with Crippen molar-refractivity contribution in [2.75, 3.05) is 0 Å². The van der Waals surface area contributed by atoms with Gasteiger partial charge in [-0.1, -0.05) is 92.5 Å². The first kappa shape index (κ1) is 29.8. The topological polar surface area (TPSA) is 46.0 Å². The van der Waals surface area contributed by atoms with Crippen molar-refractivity contribution < 1.29 is 15.7 Å². The highest BCUT2D eigenvalue weighted by Gasteiger charge is 2.38. The zero-order chi connectivity index (χ0) is 48.8. The molecule has 6 heteroatoms. The van der Waals surface area contributed by atoms with Gasteiger partial charge in [-0.3, -0.25) is 9.55 Å². The average Bonchev–Trinajstić information content (AvgIpc) is 3.85. The number of fused-ring (bicyclic) bond motifs is 4. The number of hydrogen-bond donors (Lipinski definition) is 0.